The van der Waals surface area contributed by atoms with Gasteiger partial charge in [-0.25, -0.2) is 0 Å². The summed E-state index contributed by atoms with van der Waals surface area (Å²) in [5.41, 5.74) is 0.379. The molecule has 0 saturated heterocycles. The molecule has 1 aromatic rings. The summed E-state index contributed by atoms with van der Waals surface area (Å²) < 4.78 is 11.4. The highest BCUT2D eigenvalue weighted by Gasteiger charge is 2.37. The van der Waals surface area contributed by atoms with Gasteiger partial charge in [0.05, 0.1) is 19.8 Å². The number of rotatable bonds is 4. The highest BCUT2D eigenvalue weighted by atomic mass is 79.9. The van der Waals surface area contributed by atoms with Crippen molar-refractivity contribution in [1.82, 2.24) is 0 Å². The molecule has 0 radical (unpaired) electrons. The summed E-state index contributed by atoms with van der Waals surface area (Å²) in [6, 6.07) is 3.62. The number of hydrogen-bond acceptors (Lipinski definition) is 3. The predicted octanol–water partition coefficient (Wildman–Crippen LogP) is 4.62. The van der Waals surface area contributed by atoms with Gasteiger partial charge >= 0.3 is 0 Å². The normalized spacial score (nSPS) is 17.6. The fraction of sp³-hybridized carbons (Fsp3) is 0.562. The summed E-state index contributed by atoms with van der Waals surface area (Å²) in [6.07, 6.45) is 5.40. The maximum atomic E-state index is 12.9. The molecular formula is C16H21BrO3. The molecule has 0 N–H and O–H groups in total. The molecule has 0 spiro atoms. The van der Waals surface area contributed by atoms with Crippen LogP contribution < -0.4 is 9.47 Å². The van der Waals surface area contributed by atoms with E-state index in [1.165, 1.54) is 6.42 Å². The van der Waals surface area contributed by atoms with Crippen molar-refractivity contribution in [3.8, 4) is 11.5 Å². The summed E-state index contributed by atoms with van der Waals surface area (Å²) in [4.78, 5) is 12.9. The number of ketones is 1. The first kappa shape index (κ1) is 15.4. The highest BCUT2D eigenvalue weighted by molar-refractivity contribution is 9.10. The number of halogens is 1. The van der Waals surface area contributed by atoms with Gasteiger partial charge in [0.1, 0.15) is 16.0 Å². The SMILES string of the molecule is COc1ccc(C(=O)C2(C)CCCCC2)c(OC)c1Br. The van der Waals surface area contributed by atoms with Crippen molar-refractivity contribution in [3.05, 3.63) is 22.2 Å². The first-order chi connectivity index (χ1) is 9.53. The molecule has 0 amide bonds. The average Bonchev–Trinajstić information content (AvgIpc) is 2.47. The van der Waals surface area contributed by atoms with E-state index in [-0.39, 0.29) is 11.2 Å². The predicted molar refractivity (Wildman–Crippen MR) is 82.8 cm³/mol. The van der Waals surface area contributed by atoms with Crippen molar-refractivity contribution in [2.24, 2.45) is 5.41 Å². The van der Waals surface area contributed by atoms with Crippen LogP contribution in [0.2, 0.25) is 0 Å². The minimum absolute atomic E-state index is 0.178. The molecule has 1 aliphatic rings. The van der Waals surface area contributed by atoms with Crippen LogP contribution in [0, 0.1) is 5.41 Å². The summed E-state index contributed by atoms with van der Waals surface area (Å²) in [5, 5.41) is 0. The molecule has 1 saturated carbocycles. The molecule has 0 unspecified atom stereocenters. The molecule has 110 valence electrons. The van der Waals surface area contributed by atoms with Crippen LogP contribution in [0.1, 0.15) is 49.4 Å². The first-order valence-corrected chi connectivity index (χ1v) is 7.78. The number of ether oxygens (including phenoxy) is 2. The Morgan fingerprint density at radius 2 is 1.80 bits per heavy atom. The monoisotopic (exact) mass is 340 g/mol. The minimum Gasteiger partial charge on any atom is -0.495 e. The fourth-order valence-corrected chi connectivity index (χ4v) is 3.63. The van der Waals surface area contributed by atoms with Gasteiger partial charge in [-0.3, -0.25) is 4.79 Å². The van der Waals surface area contributed by atoms with Crippen molar-refractivity contribution >= 4 is 21.7 Å². The van der Waals surface area contributed by atoms with Crippen LogP contribution in [0.15, 0.2) is 16.6 Å². The van der Waals surface area contributed by atoms with Crippen LogP contribution in [0.25, 0.3) is 0 Å². The van der Waals surface area contributed by atoms with E-state index in [1.807, 2.05) is 12.1 Å². The second kappa shape index (κ2) is 6.17. The van der Waals surface area contributed by atoms with E-state index in [1.54, 1.807) is 14.2 Å². The topological polar surface area (TPSA) is 35.5 Å². The Hall–Kier alpha value is -1.03. The third-order valence-corrected chi connectivity index (χ3v) is 4.99. The maximum Gasteiger partial charge on any atom is 0.172 e. The van der Waals surface area contributed by atoms with Crippen LogP contribution in [0.4, 0.5) is 0 Å². The van der Waals surface area contributed by atoms with E-state index in [0.717, 1.165) is 25.7 Å². The third kappa shape index (κ3) is 2.71. The lowest BCUT2D eigenvalue weighted by Gasteiger charge is -2.32. The van der Waals surface area contributed by atoms with E-state index in [4.69, 9.17) is 9.47 Å². The quantitative estimate of drug-likeness (QED) is 0.750. The Morgan fingerprint density at radius 3 is 2.35 bits per heavy atom. The lowest BCUT2D eigenvalue weighted by Crippen LogP contribution is -2.30. The van der Waals surface area contributed by atoms with Gasteiger partial charge in [0.25, 0.3) is 0 Å². The van der Waals surface area contributed by atoms with Crippen LogP contribution in [-0.2, 0) is 0 Å². The van der Waals surface area contributed by atoms with Gasteiger partial charge in [0, 0.05) is 5.41 Å². The van der Waals surface area contributed by atoms with Gasteiger partial charge in [-0.1, -0.05) is 26.2 Å². The van der Waals surface area contributed by atoms with Crippen molar-refractivity contribution in [2.75, 3.05) is 14.2 Å². The van der Waals surface area contributed by atoms with Crippen LogP contribution in [0.5, 0.6) is 11.5 Å². The molecular weight excluding hydrogens is 320 g/mol. The minimum atomic E-state index is -0.264. The number of benzene rings is 1. The summed E-state index contributed by atoms with van der Waals surface area (Å²) in [7, 11) is 3.18. The smallest absolute Gasteiger partial charge is 0.172 e. The zero-order valence-corrected chi connectivity index (χ0v) is 13.9. The van der Waals surface area contributed by atoms with E-state index in [9.17, 15) is 4.79 Å². The van der Waals surface area contributed by atoms with Crippen molar-refractivity contribution in [1.29, 1.82) is 0 Å². The van der Waals surface area contributed by atoms with E-state index < -0.39 is 0 Å². The molecule has 4 heteroatoms. The molecule has 20 heavy (non-hydrogen) atoms. The van der Waals surface area contributed by atoms with Crippen LogP contribution in [0.3, 0.4) is 0 Å². The second-order valence-corrected chi connectivity index (χ2v) is 6.41. The van der Waals surface area contributed by atoms with Crippen molar-refractivity contribution in [2.45, 2.75) is 39.0 Å². The molecule has 2 rings (SSSR count). The summed E-state index contributed by atoms with van der Waals surface area (Å²) in [5.74, 6) is 1.42. The Balaban J connectivity index is 2.41. The third-order valence-electron chi connectivity index (χ3n) is 4.24. The molecule has 0 heterocycles. The summed E-state index contributed by atoms with van der Waals surface area (Å²) in [6.45, 7) is 2.08. The Labute approximate surface area is 128 Å². The molecule has 1 aliphatic carbocycles. The second-order valence-electron chi connectivity index (χ2n) is 5.61. The Bertz CT molecular complexity index is 505. The fourth-order valence-electron chi connectivity index (χ4n) is 2.96. The van der Waals surface area contributed by atoms with Gasteiger partial charge in [0.2, 0.25) is 0 Å². The number of methoxy groups -OCH3 is 2. The number of carbonyl (C=O) groups excluding carboxylic acids is 1. The number of Topliss-reactive ketones (excluding diaryl/α,β-unsaturated/α-hetero) is 1. The molecule has 0 aromatic heterocycles. The van der Waals surface area contributed by atoms with Gasteiger partial charge in [-0.05, 0) is 40.9 Å². The molecule has 1 fully saturated rings. The Kier molecular flexibility index (Phi) is 4.74. The van der Waals surface area contributed by atoms with E-state index in [0.29, 0.717) is 21.5 Å². The standard InChI is InChI=1S/C16H21BrO3/c1-16(9-5-4-6-10-16)15(18)11-7-8-12(19-2)13(17)14(11)20-3/h7-8H,4-6,9-10H2,1-3H3. The van der Waals surface area contributed by atoms with E-state index >= 15 is 0 Å². The molecule has 0 atom stereocenters. The average molecular weight is 341 g/mol. The first-order valence-electron chi connectivity index (χ1n) is 6.99. The lowest BCUT2D eigenvalue weighted by molar-refractivity contribution is 0.0746. The lowest BCUT2D eigenvalue weighted by atomic mass is 9.71. The van der Waals surface area contributed by atoms with Crippen LogP contribution in [-0.4, -0.2) is 20.0 Å². The van der Waals surface area contributed by atoms with Gasteiger partial charge < -0.3 is 9.47 Å². The molecule has 0 aliphatic heterocycles. The summed E-state index contributed by atoms with van der Waals surface area (Å²) >= 11 is 3.46. The Morgan fingerprint density at radius 1 is 1.15 bits per heavy atom. The van der Waals surface area contributed by atoms with Gasteiger partial charge in [0.15, 0.2) is 5.78 Å². The molecule has 3 nitrogen and oxygen atoms in total. The van der Waals surface area contributed by atoms with E-state index in [2.05, 4.69) is 22.9 Å². The van der Waals surface area contributed by atoms with Gasteiger partial charge in [-0.2, -0.15) is 0 Å². The highest BCUT2D eigenvalue weighted by Crippen LogP contribution is 2.43. The van der Waals surface area contributed by atoms with Crippen LogP contribution >= 0.6 is 15.9 Å². The van der Waals surface area contributed by atoms with Gasteiger partial charge in [-0.15, -0.1) is 0 Å². The number of carbonyl (C=O) groups is 1. The molecule has 0 bridgehead atoms. The molecule has 1 aromatic carbocycles. The van der Waals surface area contributed by atoms with Crippen molar-refractivity contribution < 1.29 is 14.3 Å². The zero-order chi connectivity index (χ0) is 14.8. The largest absolute Gasteiger partial charge is 0.495 e. The van der Waals surface area contributed by atoms with Crippen molar-refractivity contribution in [3.63, 3.8) is 0 Å². The zero-order valence-electron chi connectivity index (χ0n) is 12.3. The number of hydrogen-bond donors (Lipinski definition) is 0. The maximum absolute atomic E-state index is 12.9.